The highest BCUT2D eigenvalue weighted by atomic mass is 32.2. The molecule has 0 saturated carbocycles. The van der Waals surface area contributed by atoms with E-state index < -0.39 is 10.0 Å². The molecule has 1 aliphatic heterocycles. The fourth-order valence-corrected chi connectivity index (χ4v) is 4.28. The van der Waals surface area contributed by atoms with Crippen LogP contribution in [-0.4, -0.2) is 38.9 Å². The summed E-state index contributed by atoms with van der Waals surface area (Å²) in [5, 5.41) is 2.62. The zero-order valence-corrected chi connectivity index (χ0v) is 16.1. The highest BCUT2D eigenvalue weighted by molar-refractivity contribution is 7.89. The smallest absolute Gasteiger partial charge is 0.240 e. The number of sulfonamides is 1. The second-order valence-electron chi connectivity index (χ2n) is 6.70. The molecule has 2 N–H and O–H groups in total. The minimum Gasteiger partial charge on any atom is -0.370 e. The summed E-state index contributed by atoms with van der Waals surface area (Å²) >= 11 is 0. The Hall–Kier alpha value is -2.45. The molecule has 0 bridgehead atoms. The number of rotatable bonds is 6. The van der Waals surface area contributed by atoms with Crippen molar-refractivity contribution in [2.45, 2.75) is 24.7 Å². The first kappa shape index (κ1) is 19.3. The van der Waals surface area contributed by atoms with Crippen LogP contribution in [0.4, 0.5) is 11.4 Å². The number of hydrogen-bond donors (Lipinski definition) is 2. The number of pyridine rings is 1. The minimum absolute atomic E-state index is 0.193. The number of hydrogen-bond acceptors (Lipinski definition) is 5. The Morgan fingerprint density at radius 1 is 1.19 bits per heavy atom. The van der Waals surface area contributed by atoms with Crippen molar-refractivity contribution in [2.75, 3.05) is 29.9 Å². The normalized spacial score (nSPS) is 15.5. The Kier molecular flexibility index (Phi) is 6.08. The number of anilines is 2. The van der Waals surface area contributed by atoms with Crippen LogP contribution in [0.3, 0.4) is 0 Å². The van der Waals surface area contributed by atoms with Gasteiger partial charge < -0.3 is 10.2 Å². The summed E-state index contributed by atoms with van der Waals surface area (Å²) in [7, 11) is -3.56. The van der Waals surface area contributed by atoms with Gasteiger partial charge in [-0.25, -0.2) is 13.1 Å². The van der Waals surface area contributed by atoms with Crippen molar-refractivity contribution in [3.63, 3.8) is 0 Å². The van der Waals surface area contributed by atoms with Crippen molar-refractivity contribution in [3.05, 3.63) is 48.8 Å². The zero-order chi connectivity index (χ0) is 19.3. The van der Waals surface area contributed by atoms with E-state index in [1.54, 1.807) is 18.3 Å². The average molecular weight is 388 g/mol. The molecule has 2 aromatic rings. The third-order valence-electron chi connectivity index (χ3n) is 4.67. The summed E-state index contributed by atoms with van der Waals surface area (Å²) in [6, 6.07) is 10.1. The molecule has 8 heteroatoms. The number of nitrogens with zero attached hydrogens (tertiary/aromatic N) is 2. The standard InChI is InChI=1S/C19H24N4O3S/c1-15(24)22-17-4-6-19(7-5-17)27(25,26)21-13-16-8-11-23(12-9-16)18-3-2-10-20-14-18/h2-7,10,14,16,21H,8-9,11-13H2,1H3,(H,22,24). The van der Waals surface area contributed by atoms with Crippen LogP contribution < -0.4 is 14.9 Å². The Balaban J connectivity index is 1.51. The van der Waals surface area contributed by atoms with E-state index in [0.717, 1.165) is 31.6 Å². The lowest BCUT2D eigenvalue weighted by atomic mass is 9.97. The van der Waals surface area contributed by atoms with Crippen LogP contribution in [0.1, 0.15) is 19.8 Å². The van der Waals surface area contributed by atoms with Crippen molar-refractivity contribution < 1.29 is 13.2 Å². The summed E-state index contributed by atoms with van der Waals surface area (Å²) < 4.78 is 27.7. The first-order valence-corrected chi connectivity index (χ1v) is 10.4. The van der Waals surface area contributed by atoms with Crippen LogP contribution in [0, 0.1) is 5.92 Å². The van der Waals surface area contributed by atoms with E-state index in [0.29, 0.717) is 18.2 Å². The summed E-state index contributed by atoms with van der Waals surface area (Å²) in [5.74, 6) is 0.118. The number of carbonyl (C=O) groups excluding carboxylic acids is 1. The molecule has 1 aromatic heterocycles. The third kappa shape index (κ3) is 5.27. The SMILES string of the molecule is CC(=O)Nc1ccc(S(=O)(=O)NCC2CCN(c3cccnc3)CC2)cc1. The van der Waals surface area contributed by atoms with Gasteiger partial charge in [-0.3, -0.25) is 9.78 Å². The first-order valence-electron chi connectivity index (χ1n) is 8.96. The molecule has 0 radical (unpaired) electrons. The van der Waals surface area contributed by atoms with Crippen molar-refractivity contribution in [1.29, 1.82) is 0 Å². The largest absolute Gasteiger partial charge is 0.370 e. The highest BCUT2D eigenvalue weighted by Gasteiger charge is 2.22. The second-order valence-corrected chi connectivity index (χ2v) is 8.47. The van der Waals surface area contributed by atoms with Gasteiger partial charge in [0.25, 0.3) is 0 Å². The van der Waals surface area contributed by atoms with E-state index in [4.69, 9.17) is 0 Å². The minimum atomic E-state index is -3.56. The van der Waals surface area contributed by atoms with Crippen LogP contribution in [0.15, 0.2) is 53.7 Å². The van der Waals surface area contributed by atoms with Crippen LogP contribution in [0.5, 0.6) is 0 Å². The molecule has 2 heterocycles. The lowest BCUT2D eigenvalue weighted by Crippen LogP contribution is -2.38. The first-order chi connectivity index (χ1) is 12.9. The van der Waals surface area contributed by atoms with E-state index in [1.807, 2.05) is 18.3 Å². The highest BCUT2D eigenvalue weighted by Crippen LogP contribution is 2.22. The van der Waals surface area contributed by atoms with Gasteiger partial charge in [-0.2, -0.15) is 0 Å². The van der Waals surface area contributed by atoms with Crippen molar-refractivity contribution in [1.82, 2.24) is 9.71 Å². The van der Waals surface area contributed by atoms with Crippen molar-refractivity contribution in [3.8, 4) is 0 Å². The van der Waals surface area contributed by atoms with Crippen LogP contribution in [-0.2, 0) is 14.8 Å². The maximum absolute atomic E-state index is 12.5. The summed E-state index contributed by atoms with van der Waals surface area (Å²) in [6.45, 7) is 3.62. The summed E-state index contributed by atoms with van der Waals surface area (Å²) in [5.41, 5.74) is 1.68. The summed E-state index contributed by atoms with van der Waals surface area (Å²) in [4.78, 5) is 17.7. The number of benzene rings is 1. The number of amides is 1. The molecule has 0 atom stereocenters. The van der Waals surface area contributed by atoms with Crippen LogP contribution >= 0.6 is 0 Å². The molecular formula is C19H24N4O3S. The Bertz CT molecular complexity index is 862. The maximum Gasteiger partial charge on any atom is 0.240 e. The van der Waals surface area contributed by atoms with Gasteiger partial charge in [-0.05, 0) is 55.2 Å². The van der Waals surface area contributed by atoms with Crippen molar-refractivity contribution in [2.24, 2.45) is 5.92 Å². The molecule has 1 amide bonds. The Morgan fingerprint density at radius 3 is 2.48 bits per heavy atom. The molecule has 1 aromatic carbocycles. The van der Waals surface area contributed by atoms with E-state index in [-0.39, 0.29) is 10.8 Å². The van der Waals surface area contributed by atoms with Gasteiger partial charge in [0.2, 0.25) is 15.9 Å². The molecule has 0 unspecified atom stereocenters. The maximum atomic E-state index is 12.5. The van der Waals surface area contributed by atoms with Gasteiger partial charge in [0, 0.05) is 38.4 Å². The van der Waals surface area contributed by atoms with E-state index in [2.05, 4.69) is 19.9 Å². The van der Waals surface area contributed by atoms with Gasteiger partial charge in [-0.15, -0.1) is 0 Å². The number of nitrogens with one attached hydrogen (secondary N) is 2. The van der Waals surface area contributed by atoms with Gasteiger partial charge in [0.05, 0.1) is 16.8 Å². The van der Waals surface area contributed by atoms with Gasteiger partial charge in [0.1, 0.15) is 0 Å². The van der Waals surface area contributed by atoms with E-state index in [1.165, 1.54) is 19.1 Å². The quantitative estimate of drug-likeness (QED) is 0.792. The molecule has 144 valence electrons. The Morgan fingerprint density at radius 2 is 1.89 bits per heavy atom. The number of aromatic nitrogens is 1. The fourth-order valence-electron chi connectivity index (χ4n) is 3.17. The molecule has 3 rings (SSSR count). The van der Waals surface area contributed by atoms with Gasteiger partial charge in [0.15, 0.2) is 0 Å². The third-order valence-corrected chi connectivity index (χ3v) is 6.11. The molecule has 1 fully saturated rings. The van der Waals surface area contributed by atoms with E-state index >= 15 is 0 Å². The number of carbonyl (C=O) groups is 1. The lowest BCUT2D eigenvalue weighted by Gasteiger charge is -2.33. The fraction of sp³-hybridized carbons (Fsp3) is 0.368. The van der Waals surface area contributed by atoms with Crippen LogP contribution in [0.25, 0.3) is 0 Å². The molecule has 0 spiro atoms. The predicted octanol–water partition coefficient (Wildman–Crippen LogP) is 2.23. The molecule has 7 nitrogen and oxygen atoms in total. The molecule has 1 saturated heterocycles. The second kappa shape index (κ2) is 8.49. The lowest BCUT2D eigenvalue weighted by molar-refractivity contribution is -0.114. The zero-order valence-electron chi connectivity index (χ0n) is 15.3. The Labute approximate surface area is 159 Å². The van der Waals surface area contributed by atoms with Gasteiger partial charge >= 0.3 is 0 Å². The summed E-state index contributed by atoms with van der Waals surface area (Å²) in [6.07, 6.45) is 5.47. The van der Waals surface area contributed by atoms with E-state index in [9.17, 15) is 13.2 Å². The van der Waals surface area contributed by atoms with Crippen molar-refractivity contribution >= 4 is 27.3 Å². The topological polar surface area (TPSA) is 91.4 Å². The monoisotopic (exact) mass is 388 g/mol. The average Bonchev–Trinajstić information content (AvgIpc) is 2.67. The van der Waals surface area contributed by atoms with Crippen LogP contribution in [0.2, 0.25) is 0 Å². The number of piperidine rings is 1. The predicted molar refractivity (Wildman–Crippen MR) is 105 cm³/mol. The van der Waals surface area contributed by atoms with Gasteiger partial charge in [-0.1, -0.05) is 0 Å². The molecular weight excluding hydrogens is 364 g/mol. The molecule has 27 heavy (non-hydrogen) atoms. The molecule has 1 aliphatic rings. The molecule has 0 aliphatic carbocycles.